The maximum atomic E-state index is 9.01. The number of fused-ring (bicyclic) bond motifs is 1. The molecule has 0 fully saturated rings. The molecule has 1 aromatic heterocycles. The zero-order valence-corrected chi connectivity index (χ0v) is 14.2. The highest BCUT2D eigenvalue weighted by Crippen LogP contribution is 2.34. The highest BCUT2D eigenvalue weighted by molar-refractivity contribution is 8.00. The van der Waals surface area contributed by atoms with Gasteiger partial charge in [-0.3, -0.25) is 0 Å². The Morgan fingerprint density at radius 2 is 1.80 bits per heavy atom. The van der Waals surface area contributed by atoms with Gasteiger partial charge in [0, 0.05) is 16.5 Å². The first-order valence-electron chi connectivity index (χ1n) is 7.94. The molecule has 4 heteroatoms. The summed E-state index contributed by atoms with van der Waals surface area (Å²) in [7, 11) is 0. The molecule has 0 atom stereocenters. The van der Waals surface area contributed by atoms with Crippen LogP contribution in [0.1, 0.15) is 5.56 Å². The molecule has 0 saturated heterocycles. The van der Waals surface area contributed by atoms with Gasteiger partial charge >= 0.3 is 0 Å². The summed E-state index contributed by atoms with van der Waals surface area (Å²) in [5.74, 6) is 0. The maximum absolute atomic E-state index is 9.01. The van der Waals surface area contributed by atoms with Crippen LogP contribution < -0.4 is 4.72 Å². The molecule has 0 saturated carbocycles. The number of nitriles is 1. The first kappa shape index (κ1) is 15.4. The highest BCUT2D eigenvalue weighted by atomic mass is 32.2. The number of nitrogens with zero attached hydrogens (tertiary/aromatic N) is 1. The van der Waals surface area contributed by atoms with E-state index in [9.17, 15) is 0 Å². The van der Waals surface area contributed by atoms with Gasteiger partial charge in [-0.1, -0.05) is 42.5 Å². The van der Waals surface area contributed by atoms with E-state index < -0.39 is 0 Å². The molecule has 120 valence electrons. The minimum absolute atomic E-state index is 0.663. The zero-order valence-electron chi connectivity index (χ0n) is 13.4. The molecule has 0 aliphatic rings. The first-order chi connectivity index (χ1) is 12.3. The zero-order chi connectivity index (χ0) is 17.1. The Morgan fingerprint density at radius 1 is 0.920 bits per heavy atom. The lowest BCUT2D eigenvalue weighted by Gasteiger charge is -2.10. The van der Waals surface area contributed by atoms with Gasteiger partial charge in [0.1, 0.15) is 0 Å². The van der Waals surface area contributed by atoms with E-state index >= 15 is 0 Å². The Kier molecular flexibility index (Phi) is 4.16. The van der Waals surface area contributed by atoms with E-state index in [4.69, 9.17) is 5.26 Å². The normalized spacial score (nSPS) is 10.5. The van der Waals surface area contributed by atoms with Crippen molar-refractivity contribution in [3.63, 3.8) is 0 Å². The first-order valence-corrected chi connectivity index (χ1v) is 8.75. The van der Waals surface area contributed by atoms with Crippen molar-refractivity contribution in [2.75, 3.05) is 4.72 Å². The van der Waals surface area contributed by atoms with Crippen LogP contribution in [0.2, 0.25) is 0 Å². The molecule has 0 spiro atoms. The van der Waals surface area contributed by atoms with Crippen LogP contribution in [0, 0.1) is 11.3 Å². The van der Waals surface area contributed by atoms with Crippen molar-refractivity contribution in [3.05, 3.63) is 84.6 Å². The molecule has 0 radical (unpaired) electrons. The van der Waals surface area contributed by atoms with E-state index in [2.05, 4.69) is 58.2 Å². The van der Waals surface area contributed by atoms with Crippen molar-refractivity contribution >= 4 is 28.5 Å². The lowest BCUT2D eigenvalue weighted by atomic mass is 10.0. The van der Waals surface area contributed by atoms with E-state index in [1.54, 1.807) is 0 Å². The third-order valence-electron chi connectivity index (χ3n) is 4.05. The smallest absolute Gasteiger partial charge is 0.0992 e. The second kappa shape index (κ2) is 6.76. The van der Waals surface area contributed by atoms with Crippen LogP contribution in [0.3, 0.4) is 0 Å². The van der Waals surface area contributed by atoms with E-state index in [1.165, 1.54) is 28.5 Å². The van der Waals surface area contributed by atoms with Crippen LogP contribution in [0.15, 0.2) is 83.9 Å². The predicted octanol–water partition coefficient (Wildman–Crippen LogP) is 5.83. The minimum atomic E-state index is 0.663. The fraction of sp³-hybridized carbons (Fsp3) is 0. The summed E-state index contributed by atoms with van der Waals surface area (Å²) in [6, 6.07) is 26.4. The van der Waals surface area contributed by atoms with Crippen molar-refractivity contribution < 1.29 is 0 Å². The molecule has 0 amide bonds. The Balaban J connectivity index is 1.65. The lowest BCUT2D eigenvalue weighted by molar-refractivity contribution is 1.40. The van der Waals surface area contributed by atoms with Gasteiger partial charge in [0.05, 0.1) is 22.8 Å². The molecule has 1 heterocycles. The predicted molar refractivity (Wildman–Crippen MR) is 104 cm³/mol. The Labute approximate surface area is 150 Å². The Morgan fingerprint density at radius 3 is 2.64 bits per heavy atom. The number of rotatable bonds is 4. The monoisotopic (exact) mass is 341 g/mol. The molecule has 3 nitrogen and oxygen atoms in total. The van der Waals surface area contributed by atoms with Crippen LogP contribution in [0.4, 0.5) is 5.69 Å². The third-order valence-corrected chi connectivity index (χ3v) is 4.86. The number of anilines is 1. The number of aromatic nitrogens is 1. The Hall–Kier alpha value is -3.16. The minimum Gasteiger partial charge on any atom is -0.359 e. The fourth-order valence-electron chi connectivity index (χ4n) is 2.85. The maximum Gasteiger partial charge on any atom is 0.0992 e. The summed E-state index contributed by atoms with van der Waals surface area (Å²) in [5.41, 5.74) is 5.17. The molecule has 2 N–H and O–H groups in total. The van der Waals surface area contributed by atoms with E-state index in [0.717, 1.165) is 16.1 Å². The van der Waals surface area contributed by atoms with Crippen LogP contribution in [0.25, 0.3) is 22.0 Å². The van der Waals surface area contributed by atoms with Crippen LogP contribution in [0.5, 0.6) is 0 Å². The summed E-state index contributed by atoms with van der Waals surface area (Å²) < 4.78 is 3.40. The standard InChI is InChI=1S/C21H15N3S/c22-14-15-5-4-8-17(13-15)25-24-20-10-9-18(16-6-2-1-3-7-16)19-11-12-23-21(19)20/h1-13,23-24H. The van der Waals surface area contributed by atoms with Crippen molar-refractivity contribution in [1.29, 1.82) is 5.26 Å². The molecular weight excluding hydrogens is 326 g/mol. The van der Waals surface area contributed by atoms with Gasteiger partial charge in [-0.2, -0.15) is 5.26 Å². The summed E-state index contributed by atoms with van der Waals surface area (Å²) in [5, 5.41) is 10.2. The van der Waals surface area contributed by atoms with E-state index in [1.807, 2.05) is 36.5 Å². The summed E-state index contributed by atoms with van der Waals surface area (Å²) in [4.78, 5) is 4.33. The summed E-state index contributed by atoms with van der Waals surface area (Å²) in [6.45, 7) is 0. The molecule has 0 aliphatic carbocycles. The van der Waals surface area contributed by atoms with Gasteiger partial charge in [-0.15, -0.1) is 0 Å². The van der Waals surface area contributed by atoms with Crippen molar-refractivity contribution in [3.8, 4) is 17.2 Å². The summed E-state index contributed by atoms with van der Waals surface area (Å²) in [6.07, 6.45) is 1.96. The van der Waals surface area contributed by atoms with Crippen LogP contribution in [-0.2, 0) is 0 Å². The molecule has 0 bridgehead atoms. The molecule has 25 heavy (non-hydrogen) atoms. The summed E-state index contributed by atoms with van der Waals surface area (Å²) >= 11 is 1.50. The largest absolute Gasteiger partial charge is 0.359 e. The van der Waals surface area contributed by atoms with Crippen molar-refractivity contribution in [1.82, 2.24) is 4.98 Å². The number of nitrogens with one attached hydrogen (secondary N) is 2. The molecule has 0 unspecified atom stereocenters. The van der Waals surface area contributed by atoms with Crippen LogP contribution >= 0.6 is 11.9 Å². The van der Waals surface area contributed by atoms with Gasteiger partial charge in [0.2, 0.25) is 0 Å². The highest BCUT2D eigenvalue weighted by Gasteiger charge is 2.09. The molecule has 3 aromatic carbocycles. The molecular formula is C21H15N3S. The van der Waals surface area contributed by atoms with Gasteiger partial charge in [0.15, 0.2) is 0 Å². The second-order valence-electron chi connectivity index (χ2n) is 5.64. The quantitative estimate of drug-likeness (QED) is 0.459. The van der Waals surface area contributed by atoms with Gasteiger partial charge in [-0.25, -0.2) is 0 Å². The number of benzene rings is 3. The fourth-order valence-corrected chi connectivity index (χ4v) is 3.58. The Bertz CT molecular complexity index is 1060. The lowest BCUT2D eigenvalue weighted by Crippen LogP contribution is -1.90. The number of aromatic amines is 1. The number of H-pyrrole nitrogens is 1. The van der Waals surface area contributed by atoms with Crippen LogP contribution in [-0.4, -0.2) is 4.98 Å². The van der Waals surface area contributed by atoms with E-state index in [-0.39, 0.29) is 0 Å². The number of hydrogen-bond donors (Lipinski definition) is 2. The SMILES string of the molecule is N#Cc1cccc(SNc2ccc(-c3ccccc3)c3cc[nH]c23)c1. The second-order valence-corrected chi connectivity index (χ2v) is 6.52. The third kappa shape index (κ3) is 3.10. The molecule has 0 aliphatic heterocycles. The number of hydrogen-bond acceptors (Lipinski definition) is 3. The van der Waals surface area contributed by atoms with E-state index in [0.29, 0.717) is 5.56 Å². The average Bonchev–Trinajstić information content (AvgIpc) is 3.17. The van der Waals surface area contributed by atoms with Gasteiger partial charge < -0.3 is 9.71 Å². The average molecular weight is 341 g/mol. The topological polar surface area (TPSA) is 51.6 Å². The molecule has 4 rings (SSSR count). The molecule has 4 aromatic rings. The van der Waals surface area contributed by atoms with Crippen molar-refractivity contribution in [2.24, 2.45) is 0 Å². The van der Waals surface area contributed by atoms with Gasteiger partial charge in [-0.05, 0) is 53.4 Å². The van der Waals surface area contributed by atoms with Gasteiger partial charge in [0.25, 0.3) is 0 Å². The van der Waals surface area contributed by atoms with Crippen molar-refractivity contribution in [2.45, 2.75) is 4.90 Å².